The molecule has 0 spiro atoms. The van der Waals surface area contributed by atoms with Crippen molar-refractivity contribution in [2.75, 3.05) is 6.54 Å². The molecule has 0 saturated carbocycles. The van der Waals surface area contributed by atoms with E-state index in [9.17, 15) is 14.7 Å². The molecule has 0 heterocycles. The molecule has 5 heteroatoms. The van der Waals surface area contributed by atoms with E-state index < -0.39 is 5.97 Å². The van der Waals surface area contributed by atoms with Crippen molar-refractivity contribution < 1.29 is 44.3 Å². The molecule has 0 bridgehead atoms. The second kappa shape index (κ2) is 9.22. The van der Waals surface area contributed by atoms with Gasteiger partial charge in [0.2, 0.25) is 5.91 Å². The molecule has 0 atom stereocenters. The number of rotatable bonds is 6. The molecule has 0 saturated heterocycles. The molecule has 17 heavy (non-hydrogen) atoms. The second-order valence-electron chi connectivity index (χ2n) is 3.46. The van der Waals surface area contributed by atoms with E-state index >= 15 is 0 Å². The fourth-order valence-corrected chi connectivity index (χ4v) is 1.29. The molecule has 0 fully saturated rings. The van der Waals surface area contributed by atoms with Gasteiger partial charge in [0, 0.05) is 18.9 Å². The Hall–Kier alpha value is -0.840. The van der Waals surface area contributed by atoms with Crippen LogP contribution in [0.25, 0.3) is 0 Å². The summed E-state index contributed by atoms with van der Waals surface area (Å²) in [4.78, 5) is 21.2. The average molecular weight is 243 g/mol. The van der Waals surface area contributed by atoms with Crippen LogP contribution < -0.4 is 40.0 Å². The number of aliphatic carboxylic acids is 1. The van der Waals surface area contributed by atoms with Gasteiger partial charge < -0.3 is 15.2 Å². The molecule has 0 unspecified atom stereocenters. The molecule has 1 aromatic rings. The Labute approximate surface area is 123 Å². The van der Waals surface area contributed by atoms with Crippen molar-refractivity contribution in [3.05, 3.63) is 35.9 Å². The Balaban J connectivity index is 0.00000256. The van der Waals surface area contributed by atoms with E-state index in [1.807, 2.05) is 30.3 Å². The van der Waals surface area contributed by atoms with Crippen LogP contribution in [-0.2, 0) is 16.0 Å². The van der Waals surface area contributed by atoms with Gasteiger partial charge in [0.15, 0.2) is 0 Å². The van der Waals surface area contributed by atoms with Gasteiger partial charge >= 0.3 is 29.6 Å². The third kappa shape index (κ3) is 7.96. The minimum Gasteiger partial charge on any atom is -0.550 e. The predicted molar refractivity (Wildman–Crippen MR) is 57.4 cm³/mol. The monoisotopic (exact) mass is 243 g/mol. The number of amides is 1. The molecule has 4 nitrogen and oxygen atoms in total. The Morgan fingerprint density at radius 1 is 1.12 bits per heavy atom. The molecule has 0 aliphatic rings. The third-order valence-corrected chi connectivity index (χ3v) is 2.13. The molecule has 0 aliphatic carbocycles. The first-order valence-electron chi connectivity index (χ1n) is 5.19. The summed E-state index contributed by atoms with van der Waals surface area (Å²) in [5.41, 5.74) is 1.14. The Morgan fingerprint density at radius 3 is 2.35 bits per heavy atom. The summed E-state index contributed by atoms with van der Waals surface area (Å²) >= 11 is 0. The Bertz CT molecular complexity index is 354. The van der Waals surface area contributed by atoms with E-state index in [0.717, 1.165) is 12.0 Å². The van der Waals surface area contributed by atoms with Crippen LogP contribution in [0.3, 0.4) is 0 Å². The molecular formula is C12H14NNaO3. The number of carboxylic acids is 1. The van der Waals surface area contributed by atoms with Gasteiger partial charge in [-0.25, -0.2) is 0 Å². The molecule has 0 aliphatic heterocycles. The maximum absolute atomic E-state index is 11.1. The van der Waals surface area contributed by atoms with Gasteiger partial charge in [-0.15, -0.1) is 0 Å². The van der Waals surface area contributed by atoms with Crippen LogP contribution in [0.2, 0.25) is 0 Å². The maximum Gasteiger partial charge on any atom is 1.00 e. The van der Waals surface area contributed by atoms with Gasteiger partial charge in [0.1, 0.15) is 0 Å². The predicted octanol–water partition coefficient (Wildman–Crippen LogP) is -3.12. The van der Waals surface area contributed by atoms with Crippen LogP contribution in [0.5, 0.6) is 0 Å². The summed E-state index contributed by atoms with van der Waals surface area (Å²) in [5.74, 6) is -1.45. The topological polar surface area (TPSA) is 69.2 Å². The van der Waals surface area contributed by atoms with Crippen molar-refractivity contribution in [2.24, 2.45) is 0 Å². The molecule has 1 rings (SSSR count). The normalized spacial score (nSPS) is 9.18. The minimum absolute atomic E-state index is 0. The standard InChI is InChI=1S/C12H15NO3.Na/c14-11(6-7-12(15)16)13-9-8-10-4-2-1-3-5-10;/h1-5H,6-9H2,(H,13,14)(H,15,16);/q;+1/p-1. The van der Waals surface area contributed by atoms with Crippen molar-refractivity contribution in [3.8, 4) is 0 Å². The largest absolute Gasteiger partial charge is 1.00 e. The summed E-state index contributed by atoms with van der Waals surface area (Å²) in [6, 6.07) is 9.77. The molecular weight excluding hydrogens is 229 g/mol. The van der Waals surface area contributed by atoms with Crippen LogP contribution in [0.1, 0.15) is 18.4 Å². The van der Waals surface area contributed by atoms with E-state index in [-0.39, 0.29) is 48.3 Å². The summed E-state index contributed by atoms with van der Waals surface area (Å²) in [6.07, 6.45) is 0.506. The van der Waals surface area contributed by atoms with E-state index in [2.05, 4.69) is 5.32 Å². The zero-order valence-corrected chi connectivity index (χ0v) is 11.9. The van der Waals surface area contributed by atoms with Gasteiger partial charge in [-0.2, -0.15) is 0 Å². The first kappa shape index (κ1) is 16.2. The summed E-state index contributed by atoms with van der Waals surface area (Å²) in [6.45, 7) is 0.524. The molecule has 1 N–H and O–H groups in total. The number of hydrogen-bond donors (Lipinski definition) is 1. The molecule has 1 amide bonds. The molecule has 0 radical (unpaired) electrons. The molecule has 86 valence electrons. The van der Waals surface area contributed by atoms with E-state index in [4.69, 9.17) is 0 Å². The van der Waals surface area contributed by atoms with Crippen molar-refractivity contribution in [1.82, 2.24) is 5.32 Å². The third-order valence-electron chi connectivity index (χ3n) is 2.13. The summed E-state index contributed by atoms with van der Waals surface area (Å²) in [5, 5.41) is 12.8. The molecule has 1 aromatic carbocycles. The first-order valence-corrected chi connectivity index (χ1v) is 5.19. The zero-order valence-electron chi connectivity index (χ0n) is 9.94. The van der Waals surface area contributed by atoms with Crippen molar-refractivity contribution in [3.63, 3.8) is 0 Å². The fourth-order valence-electron chi connectivity index (χ4n) is 1.29. The summed E-state index contributed by atoms with van der Waals surface area (Å²) < 4.78 is 0. The quantitative estimate of drug-likeness (QED) is 0.537. The van der Waals surface area contributed by atoms with Gasteiger partial charge in [-0.3, -0.25) is 4.79 Å². The average Bonchev–Trinajstić information content (AvgIpc) is 2.28. The summed E-state index contributed by atoms with van der Waals surface area (Å²) in [7, 11) is 0. The first-order chi connectivity index (χ1) is 7.68. The van der Waals surface area contributed by atoms with Gasteiger partial charge in [-0.1, -0.05) is 30.3 Å². The van der Waals surface area contributed by atoms with Crippen LogP contribution in [0, 0.1) is 0 Å². The Morgan fingerprint density at radius 2 is 1.76 bits per heavy atom. The van der Waals surface area contributed by atoms with E-state index in [1.165, 1.54) is 0 Å². The van der Waals surface area contributed by atoms with Crippen LogP contribution in [-0.4, -0.2) is 18.4 Å². The SMILES string of the molecule is O=C([O-])CCC(=O)NCCc1ccccc1.[Na+]. The van der Waals surface area contributed by atoms with E-state index in [0.29, 0.717) is 6.54 Å². The van der Waals surface area contributed by atoms with Gasteiger partial charge in [0.25, 0.3) is 0 Å². The van der Waals surface area contributed by atoms with E-state index in [1.54, 1.807) is 0 Å². The van der Waals surface area contributed by atoms with Crippen LogP contribution >= 0.6 is 0 Å². The van der Waals surface area contributed by atoms with Crippen LogP contribution in [0.15, 0.2) is 30.3 Å². The maximum atomic E-state index is 11.1. The number of carbonyl (C=O) groups is 2. The number of carboxylic acid groups (broad SMARTS) is 1. The fraction of sp³-hybridized carbons (Fsp3) is 0.333. The van der Waals surface area contributed by atoms with Gasteiger partial charge in [-0.05, 0) is 18.4 Å². The smallest absolute Gasteiger partial charge is 0.550 e. The number of nitrogens with one attached hydrogen (secondary N) is 1. The van der Waals surface area contributed by atoms with Crippen molar-refractivity contribution >= 4 is 11.9 Å². The number of hydrogen-bond acceptors (Lipinski definition) is 3. The Kier molecular flexibility index (Phi) is 8.76. The second-order valence-corrected chi connectivity index (χ2v) is 3.46. The van der Waals surface area contributed by atoms with Crippen LogP contribution in [0.4, 0.5) is 0 Å². The van der Waals surface area contributed by atoms with Crippen molar-refractivity contribution in [1.29, 1.82) is 0 Å². The molecule has 0 aromatic heterocycles. The zero-order chi connectivity index (χ0) is 11.8. The van der Waals surface area contributed by atoms with Crippen molar-refractivity contribution in [2.45, 2.75) is 19.3 Å². The minimum atomic E-state index is -1.20. The number of benzene rings is 1. The van der Waals surface area contributed by atoms with Gasteiger partial charge in [0.05, 0.1) is 0 Å². The number of carbonyl (C=O) groups excluding carboxylic acids is 2.